The minimum absolute atomic E-state index is 0.0981. The van der Waals surface area contributed by atoms with Gasteiger partial charge in [-0.15, -0.1) is 0 Å². The highest BCUT2D eigenvalue weighted by Crippen LogP contribution is 2.31. The zero-order valence-corrected chi connectivity index (χ0v) is 16.7. The molecule has 1 aliphatic rings. The van der Waals surface area contributed by atoms with E-state index in [1.165, 1.54) is 64.2 Å². The van der Waals surface area contributed by atoms with Crippen LogP contribution in [0.5, 0.6) is 0 Å². The first kappa shape index (κ1) is 22.4. The zero-order valence-electron chi connectivity index (χ0n) is 16.7. The van der Waals surface area contributed by atoms with E-state index in [1.54, 1.807) is 0 Å². The number of aliphatic hydroxyl groups excluding tert-OH is 2. The summed E-state index contributed by atoms with van der Waals surface area (Å²) in [6.07, 6.45) is 23.8. The molecule has 0 saturated carbocycles. The van der Waals surface area contributed by atoms with Crippen molar-refractivity contribution in [3.63, 3.8) is 0 Å². The molecule has 0 aromatic carbocycles. The van der Waals surface area contributed by atoms with Crippen LogP contribution in [0.4, 0.5) is 0 Å². The van der Waals surface area contributed by atoms with E-state index in [4.69, 9.17) is 5.11 Å². The Morgan fingerprint density at radius 3 is 2.60 bits per heavy atom. The maximum Gasteiger partial charge on any atom is 0.0770 e. The molecule has 0 saturated heterocycles. The lowest BCUT2D eigenvalue weighted by Crippen LogP contribution is -2.11. The van der Waals surface area contributed by atoms with Crippen molar-refractivity contribution < 1.29 is 10.2 Å². The smallest absolute Gasteiger partial charge is 0.0770 e. The molecule has 0 aromatic rings. The van der Waals surface area contributed by atoms with E-state index in [2.05, 4.69) is 38.2 Å². The molecular formula is C23H42O2. The monoisotopic (exact) mass is 350 g/mol. The van der Waals surface area contributed by atoms with E-state index >= 15 is 0 Å². The molecule has 4 atom stereocenters. The fraction of sp³-hybridized carbons (Fsp3) is 0.826. The van der Waals surface area contributed by atoms with E-state index in [0.29, 0.717) is 5.92 Å². The van der Waals surface area contributed by atoms with Gasteiger partial charge in [-0.3, -0.25) is 0 Å². The number of aliphatic hydroxyl groups is 2. The van der Waals surface area contributed by atoms with Gasteiger partial charge >= 0.3 is 0 Å². The fourth-order valence-electron chi connectivity index (χ4n) is 3.90. The van der Waals surface area contributed by atoms with Crippen molar-refractivity contribution in [2.45, 2.75) is 97.0 Å². The van der Waals surface area contributed by atoms with Crippen molar-refractivity contribution in [3.8, 4) is 0 Å². The Morgan fingerprint density at radius 1 is 1.08 bits per heavy atom. The minimum Gasteiger partial charge on any atom is -0.394 e. The summed E-state index contributed by atoms with van der Waals surface area (Å²) < 4.78 is 0. The molecule has 0 heterocycles. The molecule has 1 unspecified atom stereocenters. The van der Waals surface area contributed by atoms with Gasteiger partial charge in [-0.1, -0.05) is 89.5 Å². The molecule has 0 spiro atoms. The number of unbranched alkanes of at least 4 members (excludes halogenated alkanes) is 4. The van der Waals surface area contributed by atoms with Gasteiger partial charge in [0.1, 0.15) is 0 Å². The topological polar surface area (TPSA) is 40.5 Å². The van der Waals surface area contributed by atoms with E-state index in [1.807, 2.05) is 0 Å². The molecule has 0 aliphatic heterocycles. The van der Waals surface area contributed by atoms with Crippen LogP contribution in [0.3, 0.4) is 0 Å². The number of rotatable bonds is 15. The molecule has 1 aliphatic carbocycles. The van der Waals surface area contributed by atoms with E-state index in [-0.39, 0.29) is 6.61 Å². The highest BCUT2D eigenvalue weighted by atomic mass is 16.3. The summed E-state index contributed by atoms with van der Waals surface area (Å²) >= 11 is 0. The van der Waals surface area contributed by atoms with Crippen molar-refractivity contribution in [1.29, 1.82) is 0 Å². The molecule has 146 valence electrons. The summed E-state index contributed by atoms with van der Waals surface area (Å²) in [5.74, 6) is 2.32. The third-order valence-electron chi connectivity index (χ3n) is 5.79. The van der Waals surface area contributed by atoms with Crippen molar-refractivity contribution >= 4 is 0 Å². The molecule has 2 nitrogen and oxygen atoms in total. The van der Waals surface area contributed by atoms with E-state index in [9.17, 15) is 5.11 Å². The minimum atomic E-state index is -0.516. The van der Waals surface area contributed by atoms with Gasteiger partial charge in [-0.05, 0) is 43.4 Å². The molecule has 0 fully saturated rings. The predicted octanol–water partition coefficient (Wildman–Crippen LogP) is 6.04. The van der Waals surface area contributed by atoms with Crippen LogP contribution in [0.1, 0.15) is 90.9 Å². The number of hydrogen-bond donors (Lipinski definition) is 2. The van der Waals surface area contributed by atoms with Crippen LogP contribution in [0, 0.1) is 17.8 Å². The zero-order chi connectivity index (χ0) is 18.3. The SMILES string of the molecule is CCCC[C@H](CC)CC=C[C@H]1C=CC[C@@H]1CCCCCCC(O)CO. The van der Waals surface area contributed by atoms with Gasteiger partial charge in [0.25, 0.3) is 0 Å². The molecule has 0 aromatic heterocycles. The summed E-state index contributed by atoms with van der Waals surface area (Å²) in [6.45, 7) is 4.51. The Bertz CT molecular complexity index is 361. The van der Waals surface area contributed by atoms with Crippen LogP contribution >= 0.6 is 0 Å². The van der Waals surface area contributed by atoms with Crippen molar-refractivity contribution in [3.05, 3.63) is 24.3 Å². The third-order valence-corrected chi connectivity index (χ3v) is 5.79. The van der Waals surface area contributed by atoms with Crippen LogP contribution in [0.2, 0.25) is 0 Å². The van der Waals surface area contributed by atoms with E-state index in [0.717, 1.165) is 24.7 Å². The fourth-order valence-corrected chi connectivity index (χ4v) is 3.90. The largest absolute Gasteiger partial charge is 0.394 e. The quantitative estimate of drug-likeness (QED) is 0.279. The Balaban J connectivity index is 2.18. The molecule has 2 N–H and O–H groups in total. The first-order valence-corrected chi connectivity index (χ1v) is 10.8. The molecule has 0 bridgehead atoms. The lowest BCUT2D eigenvalue weighted by Gasteiger charge is -2.17. The molecule has 2 heteroatoms. The second-order valence-electron chi connectivity index (χ2n) is 7.91. The van der Waals surface area contributed by atoms with Gasteiger partial charge in [0.05, 0.1) is 12.7 Å². The summed E-state index contributed by atoms with van der Waals surface area (Å²) in [5, 5.41) is 18.2. The van der Waals surface area contributed by atoms with Crippen LogP contribution in [-0.4, -0.2) is 22.9 Å². The summed E-state index contributed by atoms with van der Waals surface area (Å²) in [5.41, 5.74) is 0. The van der Waals surface area contributed by atoms with Crippen molar-refractivity contribution in [2.24, 2.45) is 17.8 Å². The van der Waals surface area contributed by atoms with Crippen molar-refractivity contribution in [1.82, 2.24) is 0 Å². The van der Waals surface area contributed by atoms with Gasteiger partial charge in [0.2, 0.25) is 0 Å². The van der Waals surface area contributed by atoms with Crippen LogP contribution in [0.25, 0.3) is 0 Å². The lowest BCUT2D eigenvalue weighted by molar-refractivity contribution is 0.0859. The first-order valence-electron chi connectivity index (χ1n) is 10.8. The Kier molecular flexibility index (Phi) is 13.1. The van der Waals surface area contributed by atoms with Gasteiger partial charge in [-0.2, -0.15) is 0 Å². The maximum atomic E-state index is 9.34. The number of hydrogen-bond acceptors (Lipinski definition) is 2. The highest BCUT2D eigenvalue weighted by molar-refractivity contribution is 5.09. The van der Waals surface area contributed by atoms with Gasteiger partial charge in [0.15, 0.2) is 0 Å². The summed E-state index contributed by atoms with van der Waals surface area (Å²) in [7, 11) is 0. The molecular weight excluding hydrogens is 308 g/mol. The second kappa shape index (κ2) is 14.6. The van der Waals surface area contributed by atoms with Crippen LogP contribution in [-0.2, 0) is 0 Å². The first-order chi connectivity index (χ1) is 12.2. The Labute approximate surface area is 156 Å². The molecule has 0 radical (unpaired) electrons. The van der Waals surface area contributed by atoms with Gasteiger partial charge < -0.3 is 10.2 Å². The molecule has 25 heavy (non-hydrogen) atoms. The van der Waals surface area contributed by atoms with Crippen LogP contribution < -0.4 is 0 Å². The molecule has 1 rings (SSSR count). The molecule has 0 amide bonds. The highest BCUT2D eigenvalue weighted by Gasteiger charge is 2.19. The summed E-state index contributed by atoms with van der Waals surface area (Å²) in [4.78, 5) is 0. The average Bonchev–Trinajstić information content (AvgIpc) is 3.07. The third kappa shape index (κ3) is 10.2. The summed E-state index contributed by atoms with van der Waals surface area (Å²) in [6, 6.07) is 0. The second-order valence-corrected chi connectivity index (χ2v) is 7.91. The van der Waals surface area contributed by atoms with E-state index < -0.39 is 6.10 Å². The van der Waals surface area contributed by atoms with Gasteiger partial charge in [-0.25, -0.2) is 0 Å². The van der Waals surface area contributed by atoms with Crippen LogP contribution in [0.15, 0.2) is 24.3 Å². The maximum absolute atomic E-state index is 9.34. The Morgan fingerprint density at radius 2 is 1.88 bits per heavy atom. The normalized spacial score (nSPS) is 22.7. The Hall–Kier alpha value is -0.600. The standard InChI is InChI=1S/C23H42O2/c1-3-5-12-20(4-2)13-10-15-22-17-11-16-21(22)14-8-6-7-9-18-23(25)19-24/h10-11,15,17,20-25H,3-9,12-14,16,18-19H2,1-2H3/t20-,21-,22-,23?/m0/s1. The predicted molar refractivity (Wildman–Crippen MR) is 109 cm³/mol. The number of allylic oxidation sites excluding steroid dienone is 4. The van der Waals surface area contributed by atoms with Crippen molar-refractivity contribution in [2.75, 3.05) is 6.61 Å². The average molecular weight is 351 g/mol. The van der Waals surface area contributed by atoms with Gasteiger partial charge in [0, 0.05) is 0 Å². The lowest BCUT2D eigenvalue weighted by atomic mass is 9.88.